The van der Waals surface area contributed by atoms with Gasteiger partial charge in [0.2, 0.25) is 5.56 Å². The zero-order chi connectivity index (χ0) is 8.43. The second-order valence-corrected chi connectivity index (χ2v) is 2.45. The van der Waals surface area contributed by atoms with Gasteiger partial charge in [0, 0.05) is 23.5 Å². The van der Waals surface area contributed by atoms with Crippen LogP contribution in [0.15, 0.2) is 23.6 Å². The molecule has 11 heavy (non-hydrogen) atoms. The van der Waals surface area contributed by atoms with Gasteiger partial charge < -0.3 is 10.7 Å². The van der Waals surface area contributed by atoms with Crippen LogP contribution < -0.4 is 11.3 Å². The minimum absolute atomic E-state index is 0.187. The van der Waals surface area contributed by atoms with E-state index in [9.17, 15) is 4.79 Å². The third-order valence-corrected chi connectivity index (χ3v) is 1.42. The number of nitrogens with one attached hydrogen (secondary N) is 1. The number of nitrogen functional groups attached to an aromatic ring is 1. The van der Waals surface area contributed by atoms with Gasteiger partial charge in [-0.25, -0.2) is 0 Å². The maximum absolute atomic E-state index is 10.7. The highest BCUT2D eigenvalue weighted by molar-refractivity contribution is 5.71. The summed E-state index contributed by atoms with van der Waals surface area (Å²) in [6.45, 7) is 5.55. The molecule has 58 valence electrons. The quantitative estimate of drug-likeness (QED) is 0.627. The average molecular weight is 150 g/mol. The molecule has 0 saturated heterocycles. The minimum Gasteiger partial charge on any atom is -0.398 e. The fourth-order valence-corrected chi connectivity index (χ4v) is 0.857. The van der Waals surface area contributed by atoms with Crippen LogP contribution in [0.3, 0.4) is 0 Å². The van der Waals surface area contributed by atoms with Gasteiger partial charge in [-0.2, -0.15) is 0 Å². The van der Waals surface area contributed by atoms with E-state index in [2.05, 4.69) is 11.6 Å². The van der Waals surface area contributed by atoms with Gasteiger partial charge >= 0.3 is 0 Å². The monoisotopic (exact) mass is 150 g/mol. The molecule has 1 aromatic heterocycles. The van der Waals surface area contributed by atoms with Gasteiger partial charge in [0.1, 0.15) is 0 Å². The van der Waals surface area contributed by atoms with Crippen LogP contribution in [-0.4, -0.2) is 4.98 Å². The molecule has 0 saturated carbocycles. The third-order valence-electron chi connectivity index (χ3n) is 1.42. The first-order valence-corrected chi connectivity index (χ1v) is 3.25. The van der Waals surface area contributed by atoms with E-state index in [1.165, 1.54) is 6.07 Å². The average Bonchev–Trinajstić information content (AvgIpc) is 1.85. The lowest BCUT2D eigenvalue weighted by Crippen LogP contribution is -2.06. The molecule has 1 rings (SSSR count). The van der Waals surface area contributed by atoms with Gasteiger partial charge in [-0.3, -0.25) is 4.79 Å². The molecule has 0 aliphatic rings. The van der Waals surface area contributed by atoms with E-state index in [-0.39, 0.29) is 5.56 Å². The van der Waals surface area contributed by atoms with Crippen LogP contribution in [0.25, 0.3) is 5.57 Å². The third kappa shape index (κ3) is 1.49. The van der Waals surface area contributed by atoms with Crippen molar-refractivity contribution in [1.82, 2.24) is 4.98 Å². The second-order valence-electron chi connectivity index (χ2n) is 2.45. The Hall–Kier alpha value is -1.51. The van der Waals surface area contributed by atoms with E-state index in [0.29, 0.717) is 5.69 Å². The van der Waals surface area contributed by atoms with Crippen LogP contribution in [-0.2, 0) is 0 Å². The number of aromatic nitrogens is 1. The van der Waals surface area contributed by atoms with Gasteiger partial charge in [-0.15, -0.1) is 0 Å². The normalized spacial score (nSPS) is 9.55. The van der Waals surface area contributed by atoms with Crippen LogP contribution in [0.5, 0.6) is 0 Å². The maximum Gasteiger partial charge on any atom is 0.250 e. The SMILES string of the molecule is C=C(C)c1c[nH]c(=O)cc1N. The van der Waals surface area contributed by atoms with Crippen molar-refractivity contribution in [3.63, 3.8) is 0 Å². The van der Waals surface area contributed by atoms with Crippen molar-refractivity contribution in [2.24, 2.45) is 0 Å². The van der Waals surface area contributed by atoms with Crippen molar-refractivity contribution in [3.8, 4) is 0 Å². The first kappa shape index (κ1) is 7.60. The Balaban J connectivity index is 3.31. The van der Waals surface area contributed by atoms with Crippen molar-refractivity contribution in [2.75, 3.05) is 5.73 Å². The number of hydrogen-bond donors (Lipinski definition) is 2. The largest absolute Gasteiger partial charge is 0.398 e. The van der Waals surface area contributed by atoms with E-state index in [1.807, 2.05) is 6.92 Å². The summed E-state index contributed by atoms with van der Waals surface area (Å²) in [4.78, 5) is 13.2. The van der Waals surface area contributed by atoms with Crippen LogP contribution >= 0.6 is 0 Å². The van der Waals surface area contributed by atoms with Crippen LogP contribution in [0, 0.1) is 0 Å². The van der Waals surface area contributed by atoms with Gasteiger partial charge in [-0.05, 0) is 12.5 Å². The molecule has 0 atom stereocenters. The Labute approximate surface area is 64.6 Å². The van der Waals surface area contributed by atoms with Crippen molar-refractivity contribution >= 4 is 11.3 Å². The molecule has 1 heterocycles. The van der Waals surface area contributed by atoms with Crippen molar-refractivity contribution in [1.29, 1.82) is 0 Å². The van der Waals surface area contributed by atoms with Gasteiger partial charge in [-0.1, -0.05) is 6.58 Å². The number of nitrogens with two attached hydrogens (primary N) is 1. The van der Waals surface area contributed by atoms with E-state index >= 15 is 0 Å². The molecule has 3 heteroatoms. The Bertz CT molecular complexity index is 338. The zero-order valence-electron chi connectivity index (χ0n) is 6.35. The number of rotatable bonds is 1. The summed E-state index contributed by atoms with van der Waals surface area (Å²) in [6, 6.07) is 1.35. The van der Waals surface area contributed by atoms with Crippen LogP contribution in [0.4, 0.5) is 5.69 Å². The highest BCUT2D eigenvalue weighted by Gasteiger charge is 1.98. The number of aromatic amines is 1. The standard InChI is InChI=1S/C8H10N2O/c1-5(2)6-4-10-8(11)3-7(6)9/h3-4H,1H2,2H3,(H3,9,10,11). The summed E-state index contributed by atoms with van der Waals surface area (Å²) in [6.07, 6.45) is 1.57. The number of hydrogen-bond acceptors (Lipinski definition) is 2. The summed E-state index contributed by atoms with van der Waals surface area (Å²) in [5, 5.41) is 0. The van der Waals surface area contributed by atoms with Crippen LogP contribution in [0.2, 0.25) is 0 Å². The Kier molecular flexibility index (Phi) is 1.81. The number of H-pyrrole nitrogens is 1. The second kappa shape index (κ2) is 2.62. The molecule has 0 radical (unpaired) electrons. The summed E-state index contributed by atoms with van der Waals surface area (Å²) >= 11 is 0. The lowest BCUT2D eigenvalue weighted by Gasteiger charge is -2.01. The highest BCUT2D eigenvalue weighted by atomic mass is 16.1. The molecule has 0 unspecified atom stereocenters. The molecular weight excluding hydrogens is 140 g/mol. The lowest BCUT2D eigenvalue weighted by molar-refractivity contribution is 1.23. The topological polar surface area (TPSA) is 58.9 Å². The van der Waals surface area contributed by atoms with Crippen molar-refractivity contribution in [3.05, 3.63) is 34.8 Å². The predicted molar refractivity (Wildman–Crippen MR) is 46.2 cm³/mol. The molecular formula is C8H10N2O. The van der Waals surface area contributed by atoms with E-state index in [0.717, 1.165) is 11.1 Å². The number of pyridine rings is 1. The van der Waals surface area contributed by atoms with E-state index in [4.69, 9.17) is 5.73 Å². The Morgan fingerprint density at radius 2 is 2.36 bits per heavy atom. The molecule has 0 aliphatic heterocycles. The first-order valence-electron chi connectivity index (χ1n) is 3.25. The fraction of sp³-hybridized carbons (Fsp3) is 0.125. The molecule has 0 amide bonds. The molecule has 1 aromatic rings. The molecule has 3 nitrogen and oxygen atoms in total. The summed E-state index contributed by atoms with van der Waals surface area (Å²) in [5.74, 6) is 0. The fourth-order valence-electron chi connectivity index (χ4n) is 0.857. The molecule has 0 bridgehead atoms. The van der Waals surface area contributed by atoms with E-state index in [1.54, 1.807) is 6.20 Å². The van der Waals surface area contributed by atoms with E-state index < -0.39 is 0 Å². The van der Waals surface area contributed by atoms with Gasteiger partial charge in [0.25, 0.3) is 0 Å². The summed E-state index contributed by atoms with van der Waals surface area (Å²) in [7, 11) is 0. The molecule has 0 aromatic carbocycles. The summed E-state index contributed by atoms with van der Waals surface area (Å²) < 4.78 is 0. The van der Waals surface area contributed by atoms with Crippen LogP contribution in [0.1, 0.15) is 12.5 Å². The number of anilines is 1. The highest BCUT2D eigenvalue weighted by Crippen LogP contribution is 2.15. The molecule has 0 fully saturated rings. The lowest BCUT2D eigenvalue weighted by atomic mass is 10.1. The Morgan fingerprint density at radius 1 is 1.73 bits per heavy atom. The minimum atomic E-state index is -0.187. The number of allylic oxidation sites excluding steroid dienone is 1. The molecule has 0 aliphatic carbocycles. The smallest absolute Gasteiger partial charge is 0.250 e. The molecule has 3 N–H and O–H groups in total. The summed E-state index contributed by atoms with van der Waals surface area (Å²) in [5.41, 5.74) is 7.47. The van der Waals surface area contributed by atoms with Gasteiger partial charge in [0.05, 0.1) is 0 Å². The first-order chi connectivity index (χ1) is 5.11. The van der Waals surface area contributed by atoms with Gasteiger partial charge in [0.15, 0.2) is 0 Å². The molecule has 0 spiro atoms. The predicted octanol–water partition coefficient (Wildman–Crippen LogP) is 0.990. The zero-order valence-corrected chi connectivity index (χ0v) is 6.35. The van der Waals surface area contributed by atoms with Crippen molar-refractivity contribution < 1.29 is 0 Å². The van der Waals surface area contributed by atoms with Crippen molar-refractivity contribution in [2.45, 2.75) is 6.92 Å². The Morgan fingerprint density at radius 3 is 2.82 bits per heavy atom. The maximum atomic E-state index is 10.7.